The Morgan fingerprint density at radius 3 is 2.36 bits per heavy atom. The molecule has 2 aromatic heterocycles. The molecule has 362 valence electrons. The summed E-state index contributed by atoms with van der Waals surface area (Å²) in [5.74, 6) is -2.06. The van der Waals surface area contributed by atoms with Crippen molar-refractivity contribution in [2.45, 2.75) is 122 Å². The minimum Gasteiger partial charge on any atom is -0.453 e. The van der Waals surface area contributed by atoms with Crippen molar-refractivity contribution in [1.29, 1.82) is 0 Å². The Bertz CT molecular complexity index is 2440. The number of rotatable bonds is 9. The number of likely N-dealkylation sites (tertiary alicyclic amines) is 2. The number of hydrogen-bond acceptors (Lipinski definition) is 9. The molecule has 4 fully saturated rings. The van der Waals surface area contributed by atoms with Crippen LogP contribution in [0, 0.1) is 17.3 Å². The topological polar surface area (TPSA) is 189 Å². The molecule has 2 saturated carbocycles. The van der Waals surface area contributed by atoms with Gasteiger partial charge in [0.05, 0.1) is 30.2 Å². The molecule has 2 saturated heterocycles. The van der Waals surface area contributed by atoms with Gasteiger partial charge < -0.3 is 45.1 Å². The first-order valence-corrected chi connectivity index (χ1v) is 23.5. The number of methoxy groups -OCH3 is 2. The first-order chi connectivity index (χ1) is 32.3. The van der Waals surface area contributed by atoms with Gasteiger partial charge in [0.2, 0.25) is 12.3 Å². The van der Waals surface area contributed by atoms with E-state index in [0.717, 1.165) is 86.2 Å². The maximum atomic E-state index is 16.5. The largest absolute Gasteiger partial charge is 0.453 e. The van der Waals surface area contributed by atoms with Gasteiger partial charge in [0, 0.05) is 55.2 Å². The Morgan fingerprint density at radius 1 is 1.03 bits per heavy atom. The van der Waals surface area contributed by atoms with Crippen LogP contribution in [0.15, 0.2) is 60.3 Å². The van der Waals surface area contributed by atoms with Crippen LogP contribution in [0.3, 0.4) is 0 Å². The fourth-order valence-electron chi connectivity index (χ4n) is 10.4. The number of amides is 3. The summed E-state index contributed by atoms with van der Waals surface area (Å²) in [4.78, 5) is 66.2. The molecular formula is C51H68F2N8O6. The van der Waals surface area contributed by atoms with Crippen LogP contribution in [-0.4, -0.2) is 101 Å². The average molecular weight is 927 g/mol. The number of fused-ring (bicyclic) bond motifs is 5. The highest BCUT2D eigenvalue weighted by atomic mass is 19.3. The number of allylic oxidation sites excluding steroid dienone is 4. The number of H-pyrrole nitrogens is 2. The quantitative estimate of drug-likeness (QED) is 0.119. The minimum atomic E-state index is -3.15. The molecule has 6 aliphatic rings. The normalized spacial score (nSPS) is 23.4. The number of piperidine rings is 1. The first kappa shape index (κ1) is 50.7. The maximum absolute atomic E-state index is 16.5. The van der Waals surface area contributed by atoms with Gasteiger partial charge >= 0.3 is 6.09 Å². The summed E-state index contributed by atoms with van der Waals surface area (Å²) in [6.07, 6.45) is 13.1. The highest BCUT2D eigenvalue weighted by Crippen LogP contribution is 2.58. The number of benzene rings is 2. The number of ether oxygens (including phenoxy) is 2. The summed E-state index contributed by atoms with van der Waals surface area (Å²) in [6, 6.07) is 10.0. The lowest BCUT2D eigenvalue weighted by atomic mass is 9.87. The van der Waals surface area contributed by atoms with E-state index in [9.17, 15) is 14.4 Å². The molecule has 2 bridgehead atoms. The zero-order valence-electron chi connectivity index (χ0n) is 40.2. The second kappa shape index (κ2) is 21.5. The SMILES string of the molecule is C=O.CCC.CCOC.CN.COC(=O)NC(C(=O)N1C2CCC(C2)C1c1nc2ccc(-c3ccc4c(c3)C(F)(F)C3=C4C=CC(c4cnc(C5CC6(CC6)CN5C=O)[nH]4)C3)cc2[nH]1)C(C)C. The summed E-state index contributed by atoms with van der Waals surface area (Å²) < 4.78 is 42.3. The Morgan fingerprint density at radius 2 is 1.72 bits per heavy atom. The van der Waals surface area contributed by atoms with Crippen LogP contribution in [0.5, 0.6) is 0 Å². The van der Waals surface area contributed by atoms with E-state index in [4.69, 9.17) is 14.5 Å². The monoisotopic (exact) mass is 927 g/mol. The fraction of sp³-hybridized carbons (Fsp3) is 0.529. The van der Waals surface area contributed by atoms with Crippen LogP contribution in [0.2, 0.25) is 0 Å². The van der Waals surface area contributed by atoms with E-state index < -0.39 is 18.1 Å². The third kappa shape index (κ3) is 9.97. The molecule has 16 heteroatoms. The van der Waals surface area contributed by atoms with Crippen molar-refractivity contribution < 1.29 is 37.4 Å². The highest BCUT2D eigenvalue weighted by Gasteiger charge is 2.54. The predicted octanol–water partition coefficient (Wildman–Crippen LogP) is 9.13. The Hall–Kier alpha value is -5.74. The van der Waals surface area contributed by atoms with E-state index in [1.54, 1.807) is 25.4 Å². The Balaban J connectivity index is 0.000000619. The van der Waals surface area contributed by atoms with E-state index in [1.807, 2.05) is 73.8 Å². The fourth-order valence-corrected chi connectivity index (χ4v) is 10.4. The number of carbonyl (C=O) groups is 4. The minimum absolute atomic E-state index is 0.000265. The highest BCUT2D eigenvalue weighted by molar-refractivity contribution is 5.89. The molecule has 1 spiro atoms. The van der Waals surface area contributed by atoms with Crippen molar-refractivity contribution in [3.8, 4) is 11.1 Å². The summed E-state index contributed by atoms with van der Waals surface area (Å²) in [5.41, 5.74) is 9.67. The maximum Gasteiger partial charge on any atom is 0.407 e. The van der Waals surface area contributed by atoms with Crippen LogP contribution in [-0.2, 0) is 29.8 Å². The third-order valence-corrected chi connectivity index (χ3v) is 13.9. The Kier molecular flexibility index (Phi) is 16.2. The molecule has 6 atom stereocenters. The number of nitrogens with two attached hydrogens (primary N) is 1. The lowest BCUT2D eigenvalue weighted by Gasteiger charge is -2.37. The van der Waals surface area contributed by atoms with Gasteiger partial charge in [0.1, 0.15) is 24.5 Å². The number of aromatic nitrogens is 4. The third-order valence-electron chi connectivity index (χ3n) is 13.9. The number of nitrogens with one attached hydrogen (secondary N) is 3. The molecule has 4 aliphatic carbocycles. The smallest absolute Gasteiger partial charge is 0.407 e. The lowest BCUT2D eigenvalue weighted by molar-refractivity contribution is -0.139. The zero-order valence-corrected chi connectivity index (χ0v) is 40.2. The summed E-state index contributed by atoms with van der Waals surface area (Å²) in [5, 5.41) is 2.74. The molecule has 2 aromatic carbocycles. The molecule has 5 N–H and O–H groups in total. The molecule has 6 unspecified atom stereocenters. The number of halogens is 2. The van der Waals surface area contributed by atoms with E-state index in [2.05, 4.69) is 44.6 Å². The number of alkyl carbamates (subject to hydrolysis) is 1. The average Bonchev–Trinajstić information content (AvgIpc) is 4.01. The van der Waals surface area contributed by atoms with E-state index >= 15 is 8.78 Å². The van der Waals surface area contributed by atoms with Crippen molar-refractivity contribution in [3.05, 3.63) is 88.8 Å². The standard InChI is InChI=1S/C43H45F2N7O4.C3H8O.C3H8.CH5N.CH2O/c1-22(2)36(50-41(55)56-3)40(54)52-27-8-4-26(14-27)37(52)39-47-32-11-7-24(17-33(32)48-39)23-5-9-28-29-10-6-25(16-31(29)43(44,45)30(28)15-23)34-19-46-38(49-34)35-18-42(12-13-42)20-51(35)21-53;1-3-4-2;1-3-2;2*1-2/h5-7,9-11,15,17,19,21-22,25-27,35-37H,4,8,12-14,16,18,20H2,1-3H3,(H,46,49)(H,47,48)(H,50,55);3H2,1-2H3;3H2,1-2H3;2H2,1H3;1H2. The molecule has 4 heterocycles. The van der Waals surface area contributed by atoms with Gasteiger partial charge in [-0.05, 0) is 117 Å². The number of nitrogens with zero attached hydrogens (tertiary/aromatic N) is 4. The van der Waals surface area contributed by atoms with Crippen LogP contribution in [0.1, 0.15) is 132 Å². The second-order valence-corrected chi connectivity index (χ2v) is 18.5. The van der Waals surface area contributed by atoms with Gasteiger partial charge in [-0.25, -0.2) is 14.8 Å². The second-order valence-electron chi connectivity index (χ2n) is 18.5. The van der Waals surface area contributed by atoms with Crippen molar-refractivity contribution >= 4 is 41.8 Å². The zero-order chi connectivity index (χ0) is 48.8. The van der Waals surface area contributed by atoms with Crippen molar-refractivity contribution in [2.24, 2.45) is 23.0 Å². The van der Waals surface area contributed by atoms with E-state index in [0.29, 0.717) is 22.5 Å². The number of imidazole rings is 2. The summed E-state index contributed by atoms with van der Waals surface area (Å²) in [6.45, 7) is 13.6. The van der Waals surface area contributed by atoms with Crippen LogP contribution in [0.4, 0.5) is 13.6 Å². The number of aromatic amines is 2. The first-order valence-electron chi connectivity index (χ1n) is 23.5. The van der Waals surface area contributed by atoms with Gasteiger partial charge in [-0.2, -0.15) is 8.78 Å². The van der Waals surface area contributed by atoms with Gasteiger partial charge in [-0.3, -0.25) is 9.59 Å². The number of carbonyl (C=O) groups excluding carboxylic acids is 4. The number of hydrogen-bond donors (Lipinski definition) is 4. The predicted molar refractivity (Wildman–Crippen MR) is 255 cm³/mol. The van der Waals surface area contributed by atoms with Crippen molar-refractivity contribution in [3.63, 3.8) is 0 Å². The van der Waals surface area contributed by atoms with E-state index in [1.165, 1.54) is 20.6 Å². The van der Waals surface area contributed by atoms with Crippen LogP contribution in [0.25, 0.3) is 27.7 Å². The molecular weight excluding hydrogens is 859 g/mol. The molecule has 10 rings (SSSR count). The van der Waals surface area contributed by atoms with Crippen molar-refractivity contribution in [1.82, 2.24) is 35.1 Å². The summed E-state index contributed by atoms with van der Waals surface area (Å²) >= 11 is 0. The molecule has 2 aliphatic heterocycles. The lowest BCUT2D eigenvalue weighted by Crippen LogP contribution is -2.54. The molecule has 67 heavy (non-hydrogen) atoms. The van der Waals surface area contributed by atoms with Gasteiger partial charge in [-0.15, -0.1) is 0 Å². The number of alkyl halides is 2. The molecule has 0 radical (unpaired) electrons. The Labute approximate surface area is 392 Å². The molecule has 14 nitrogen and oxygen atoms in total. The molecule has 4 aromatic rings. The van der Waals surface area contributed by atoms with Gasteiger partial charge in [0.15, 0.2) is 0 Å². The van der Waals surface area contributed by atoms with Crippen LogP contribution < -0.4 is 11.1 Å². The van der Waals surface area contributed by atoms with Crippen molar-refractivity contribution in [2.75, 3.05) is 34.4 Å². The van der Waals surface area contributed by atoms with Gasteiger partial charge in [0.25, 0.3) is 5.92 Å². The van der Waals surface area contributed by atoms with Crippen LogP contribution >= 0.6 is 0 Å². The molecule has 3 amide bonds. The van der Waals surface area contributed by atoms with Gasteiger partial charge in [-0.1, -0.05) is 64.5 Å². The van der Waals surface area contributed by atoms with E-state index in [-0.39, 0.29) is 64.8 Å². The summed E-state index contributed by atoms with van der Waals surface area (Å²) in [7, 11) is 4.47.